The second kappa shape index (κ2) is 4.78. The van der Waals surface area contributed by atoms with E-state index in [-0.39, 0.29) is 5.91 Å². The van der Waals surface area contributed by atoms with Crippen LogP contribution in [0, 0.1) is 5.41 Å². The minimum Gasteiger partial charge on any atom is -0.342 e. The van der Waals surface area contributed by atoms with Crippen molar-refractivity contribution in [3.8, 4) is 0 Å². The molecule has 1 fully saturated rings. The molecule has 82 valence electrons. The van der Waals surface area contributed by atoms with Gasteiger partial charge >= 0.3 is 0 Å². The average molecular weight is 198 g/mol. The Kier molecular flexibility index (Phi) is 3.93. The van der Waals surface area contributed by atoms with Gasteiger partial charge in [0, 0.05) is 13.1 Å². The zero-order chi connectivity index (χ0) is 10.6. The van der Waals surface area contributed by atoms with Crippen LogP contribution >= 0.6 is 0 Å². The molecular weight excluding hydrogens is 176 g/mol. The van der Waals surface area contributed by atoms with Crippen molar-refractivity contribution in [2.75, 3.05) is 26.2 Å². The van der Waals surface area contributed by atoms with Crippen molar-refractivity contribution >= 4 is 5.91 Å². The molecule has 0 radical (unpaired) electrons. The lowest BCUT2D eigenvalue weighted by Crippen LogP contribution is -2.36. The number of carbonyl (C=O) groups is 1. The minimum atomic E-state index is 0.256. The molecule has 1 saturated heterocycles. The molecule has 0 aliphatic carbocycles. The van der Waals surface area contributed by atoms with Crippen molar-refractivity contribution in [1.82, 2.24) is 10.2 Å². The standard InChI is InChI=1S/C11H22N2O/c1-11(2,3)5-8-13-7-4-6-12-9-10(13)14/h12H,4-9H2,1-3H3. The summed E-state index contributed by atoms with van der Waals surface area (Å²) in [7, 11) is 0. The summed E-state index contributed by atoms with van der Waals surface area (Å²) in [6, 6.07) is 0. The predicted molar refractivity (Wildman–Crippen MR) is 58.1 cm³/mol. The first-order valence-corrected chi connectivity index (χ1v) is 5.47. The molecule has 3 nitrogen and oxygen atoms in total. The predicted octanol–water partition coefficient (Wildman–Crippen LogP) is 1.24. The molecule has 0 unspecified atom stereocenters. The van der Waals surface area contributed by atoms with E-state index in [0.29, 0.717) is 12.0 Å². The molecule has 0 atom stereocenters. The molecule has 1 rings (SSSR count). The van der Waals surface area contributed by atoms with Gasteiger partial charge in [-0.3, -0.25) is 4.79 Å². The Hall–Kier alpha value is -0.570. The van der Waals surface area contributed by atoms with Crippen LogP contribution < -0.4 is 5.32 Å². The van der Waals surface area contributed by atoms with Gasteiger partial charge in [-0.2, -0.15) is 0 Å². The van der Waals surface area contributed by atoms with Gasteiger partial charge in [0.15, 0.2) is 0 Å². The Bertz CT molecular complexity index is 196. The molecule has 14 heavy (non-hydrogen) atoms. The Labute approximate surface area is 86.9 Å². The van der Waals surface area contributed by atoms with Gasteiger partial charge in [-0.1, -0.05) is 20.8 Å². The van der Waals surface area contributed by atoms with Crippen molar-refractivity contribution in [2.24, 2.45) is 5.41 Å². The SMILES string of the molecule is CC(C)(C)CCN1CCCNCC1=O. The van der Waals surface area contributed by atoms with Crippen LogP contribution in [0.4, 0.5) is 0 Å². The first-order valence-electron chi connectivity index (χ1n) is 5.47. The van der Waals surface area contributed by atoms with Crippen LogP contribution in [0.15, 0.2) is 0 Å². The third kappa shape index (κ3) is 4.09. The number of amides is 1. The summed E-state index contributed by atoms with van der Waals surface area (Å²) in [5, 5.41) is 3.13. The van der Waals surface area contributed by atoms with E-state index in [1.165, 1.54) is 0 Å². The number of hydrogen-bond acceptors (Lipinski definition) is 2. The maximum absolute atomic E-state index is 11.6. The first kappa shape index (κ1) is 11.5. The molecule has 1 heterocycles. The molecule has 0 aromatic carbocycles. The topological polar surface area (TPSA) is 32.3 Å². The molecular formula is C11H22N2O. The van der Waals surface area contributed by atoms with Crippen LogP contribution in [-0.4, -0.2) is 37.0 Å². The quantitative estimate of drug-likeness (QED) is 0.724. The number of carbonyl (C=O) groups excluding carboxylic acids is 1. The van der Waals surface area contributed by atoms with E-state index < -0.39 is 0 Å². The van der Waals surface area contributed by atoms with Crippen LogP contribution in [0.1, 0.15) is 33.6 Å². The summed E-state index contributed by atoms with van der Waals surface area (Å²) in [5.41, 5.74) is 0.319. The minimum absolute atomic E-state index is 0.256. The van der Waals surface area contributed by atoms with Crippen LogP contribution in [0.5, 0.6) is 0 Å². The molecule has 3 heteroatoms. The fourth-order valence-electron chi connectivity index (χ4n) is 1.53. The highest BCUT2D eigenvalue weighted by atomic mass is 16.2. The lowest BCUT2D eigenvalue weighted by Gasteiger charge is -2.25. The van der Waals surface area contributed by atoms with Gasteiger partial charge in [0.2, 0.25) is 5.91 Å². The highest BCUT2D eigenvalue weighted by Crippen LogP contribution is 2.19. The average Bonchev–Trinajstić information content (AvgIpc) is 2.25. The third-order valence-corrected chi connectivity index (χ3v) is 2.54. The zero-order valence-corrected chi connectivity index (χ0v) is 9.60. The van der Waals surface area contributed by atoms with E-state index in [0.717, 1.165) is 32.5 Å². The van der Waals surface area contributed by atoms with E-state index >= 15 is 0 Å². The Balaban J connectivity index is 2.37. The Morgan fingerprint density at radius 3 is 2.79 bits per heavy atom. The summed E-state index contributed by atoms with van der Waals surface area (Å²) in [6.07, 6.45) is 2.16. The van der Waals surface area contributed by atoms with Crippen LogP contribution in [0.2, 0.25) is 0 Å². The first-order chi connectivity index (χ1) is 6.49. The maximum Gasteiger partial charge on any atom is 0.236 e. The largest absolute Gasteiger partial charge is 0.342 e. The van der Waals surface area contributed by atoms with Gasteiger partial charge in [-0.15, -0.1) is 0 Å². The van der Waals surface area contributed by atoms with Gasteiger partial charge in [-0.05, 0) is 24.8 Å². The molecule has 0 saturated carbocycles. The third-order valence-electron chi connectivity index (χ3n) is 2.54. The monoisotopic (exact) mass is 198 g/mol. The smallest absolute Gasteiger partial charge is 0.236 e. The molecule has 0 aromatic heterocycles. The number of hydrogen-bond donors (Lipinski definition) is 1. The summed E-state index contributed by atoms with van der Waals surface area (Å²) in [4.78, 5) is 13.6. The summed E-state index contributed by atoms with van der Waals surface area (Å²) in [5.74, 6) is 0.256. The molecule has 0 spiro atoms. The second-order valence-electron chi connectivity index (χ2n) is 5.22. The van der Waals surface area contributed by atoms with Gasteiger partial charge < -0.3 is 10.2 Å². The highest BCUT2D eigenvalue weighted by molar-refractivity contribution is 5.78. The summed E-state index contributed by atoms with van der Waals surface area (Å²) >= 11 is 0. The van der Waals surface area contributed by atoms with Crippen molar-refractivity contribution in [1.29, 1.82) is 0 Å². The molecule has 1 N–H and O–H groups in total. The normalized spacial score (nSPS) is 19.6. The Morgan fingerprint density at radius 1 is 1.43 bits per heavy atom. The van der Waals surface area contributed by atoms with E-state index in [1.807, 2.05) is 4.90 Å². The fourth-order valence-corrected chi connectivity index (χ4v) is 1.53. The van der Waals surface area contributed by atoms with E-state index in [9.17, 15) is 4.79 Å². The second-order valence-corrected chi connectivity index (χ2v) is 5.22. The van der Waals surface area contributed by atoms with Crippen LogP contribution in [0.25, 0.3) is 0 Å². The molecule has 0 aromatic rings. The molecule has 1 amide bonds. The van der Waals surface area contributed by atoms with Crippen molar-refractivity contribution in [3.05, 3.63) is 0 Å². The van der Waals surface area contributed by atoms with Gasteiger partial charge in [0.05, 0.1) is 6.54 Å². The van der Waals surface area contributed by atoms with Crippen molar-refractivity contribution < 1.29 is 4.79 Å². The maximum atomic E-state index is 11.6. The van der Waals surface area contributed by atoms with Crippen molar-refractivity contribution in [2.45, 2.75) is 33.6 Å². The molecule has 0 bridgehead atoms. The fraction of sp³-hybridized carbons (Fsp3) is 0.909. The molecule has 1 aliphatic rings. The number of nitrogens with one attached hydrogen (secondary N) is 1. The summed E-state index contributed by atoms with van der Waals surface area (Å²) in [6.45, 7) is 9.96. The number of nitrogens with zero attached hydrogens (tertiary/aromatic N) is 1. The van der Waals surface area contributed by atoms with Crippen LogP contribution in [-0.2, 0) is 4.79 Å². The highest BCUT2D eigenvalue weighted by Gasteiger charge is 2.18. The van der Waals surface area contributed by atoms with E-state index in [1.54, 1.807) is 0 Å². The lowest BCUT2D eigenvalue weighted by molar-refractivity contribution is -0.129. The van der Waals surface area contributed by atoms with Gasteiger partial charge in [0.25, 0.3) is 0 Å². The van der Waals surface area contributed by atoms with Gasteiger partial charge in [-0.25, -0.2) is 0 Å². The zero-order valence-electron chi connectivity index (χ0n) is 9.60. The number of rotatable bonds is 2. The molecule has 1 aliphatic heterocycles. The van der Waals surface area contributed by atoms with Gasteiger partial charge in [0.1, 0.15) is 0 Å². The van der Waals surface area contributed by atoms with Crippen LogP contribution in [0.3, 0.4) is 0 Å². The van der Waals surface area contributed by atoms with Crippen molar-refractivity contribution in [3.63, 3.8) is 0 Å². The van der Waals surface area contributed by atoms with E-state index in [2.05, 4.69) is 26.1 Å². The Morgan fingerprint density at radius 2 is 2.14 bits per heavy atom. The lowest BCUT2D eigenvalue weighted by atomic mass is 9.92. The van der Waals surface area contributed by atoms with E-state index in [4.69, 9.17) is 0 Å². The summed E-state index contributed by atoms with van der Waals surface area (Å²) < 4.78 is 0.